The molecule has 0 spiro atoms. The highest BCUT2D eigenvalue weighted by molar-refractivity contribution is 5.01. The van der Waals surface area contributed by atoms with Crippen LogP contribution < -0.4 is 0 Å². The fourth-order valence-corrected chi connectivity index (χ4v) is 0.702. The van der Waals surface area contributed by atoms with Gasteiger partial charge in [-0.15, -0.1) is 0 Å². The highest BCUT2D eigenvalue weighted by Gasteiger charge is 1.91. The minimum atomic E-state index is 0.999. The maximum atomic E-state index is 5.04. The van der Waals surface area contributed by atoms with Crippen molar-refractivity contribution in [1.29, 1.82) is 0 Å². The molecule has 0 radical (unpaired) electrons. The minimum absolute atomic E-state index is 0.999. The fraction of sp³-hybridized carbons (Fsp3) is 0.714. The Morgan fingerprint density at radius 1 is 1.38 bits per heavy atom. The number of allylic oxidation sites excluding steroid dienone is 2. The van der Waals surface area contributed by atoms with Crippen molar-refractivity contribution in [2.75, 3.05) is 7.11 Å². The van der Waals surface area contributed by atoms with E-state index in [0.717, 1.165) is 12.2 Å². The van der Waals surface area contributed by atoms with Crippen LogP contribution in [0.5, 0.6) is 0 Å². The van der Waals surface area contributed by atoms with Gasteiger partial charge in [-0.2, -0.15) is 0 Å². The Morgan fingerprint density at radius 3 is 1.88 bits per heavy atom. The molecule has 0 atom stereocenters. The van der Waals surface area contributed by atoms with E-state index in [0.29, 0.717) is 0 Å². The van der Waals surface area contributed by atoms with E-state index in [2.05, 4.69) is 20.8 Å². The van der Waals surface area contributed by atoms with Crippen molar-refractivity contribution in [3.05, 3.63) is 11.3 Å². The summed E-state index contributed by atoms with van der Waals surface area (Å²) in [4.78, 5) is 0. The number of ether oxygens (including phenoxy) is 1. The summed E-state index contributed by atoms with van der Waals surface area (Å²) in [6, 6.07) is 0. The van der Waals surface area contributed by atoms with E-state index in [1.165, 1.54) is 5.57 Å². The highest BCUT2D eigenvalue weighted by Crippen LogP contribution is 2.06. The van der Waals surface area contributed by atoms with Crippen LogP contribution in [0.1, 0.15) is 27.2 Å². The van der Waals surface area contributed by atoms with E-state index in [4.69, 9.17) is 4.74 Å². The topological polar surface area (TPSA) is 9.23 Å². The van der Waals surface area contributed by atoms with Crippen LogP contribution in [0.3, 0.4) is 0 Å². The van der Waals surface area contributed by atoms with Gasteiger partial charge >= 0.3 is 0 Å². The fourth-order valence-electron chi connectivity index (χ4n) is 0.702. The first-order valence-corrected chi connectivity index (χ1v) is 2.92. The standard InChI is InChI=1S/C7H14O/c1-5-7(8-4)6(2)3/h5H2,1-4H3. The van der Waals surface area contributed by atoms with Gasteiger partial charge in [-0.1, -0.05) is 6.92 Å². The molecular formula is C7H14O. The Labute approximate surface area is 51.4 Å². The molecule has 0 aliphatic rings. The van der Waals surface area contributed by atoms with E-state index >= 15 is 0 Å². The lowest BCUT2D eigenvalue weighted by Crippen LogP contribution is -1.85. The Hall–Kier alpha value is -0.460. The Balaban J connectivity index is 3.86. The van der Waals surface area contributed by atoms with Crippen LogP contribution in [0.4, 0.5) is 0 Å². The zero-order valence-electron chi connectivity index (χ0n) is 6.12. The van der Waals surface area contributed by atoms with E-state index < -0.39 is 0 Å². The van der Waals surface area contributed by atoms with Crippen LogP contribution in [-0.4, -0.2) is 7.11 Å². The van der Waals surface area contributed by atoms with Crippen LogP contribution in [0.2, 0.25) is 0 Å². The summed E-state index contributed by atoms with van der Waals surface area (Å²) in [5.74, 6) is 1.10. The second-order valence-electron chi connectivity index (χ2n) is 1.98. The van der Waals surface area contributed by atoms with Gasteiger partial charge in [0.25, 0.3) is 0 Å². The quantitative estimate of drug-likeness (QED) is 0.501. The molecule has 0 aliphatic carbocycles. The molecule has 0 saturated carbocycles. The summed E-state index contributed by atoms with van der Waals surface area (Å²) in [5, 5.41) is 0. The first-order valence-electron chi connectivity index (χ1n) is 2.92. The van der Waals surface area contributed by atoms with E-state index in [1.54, 1.807) is 7.11 Å². The maximum absolute atomic E-state index is 5.04. The molecular weight excluding hydrogens is 100 g/mol. The van der Waals surface area contributed by atoms with Gasteiger partial charge < -0.3 is 4.74 Å². The molecule has 0 heterocycles. The number of methoxy groups -OCH3 is 1. The molecule has 0 bridgehead atoms. The predicted octanol–water partition coefficient (Wildman–Crippen LogP) is 2.34. The molecule has 0 aromatic rings. The number of hydrogen-bond donors (Lipinski definition) is 0. The first kappa shape index (κ1) is 7.54. The zero-order chi connectivity index (χ0) is 6.57. The van der Waals surface area contributed by atoms with Crippen LogP contribution in [-0.2, 0) is 4.74 Å². The largest absolute Gasteiger partial charge is 0.501 e. The molecule has 0 N–H and O–H groups in total. The van der Waals surface area contributed by atoms with Crippen molar-refractivity contribution >= 4 is 0 Å². The van der Waals surface area contributed by atoms with Gasteiger partial charge in [-0.25, -0.2) is 0 Å². The molecule has 1 nitrogen and oxygen atoms in total. The molecule has 0 amide bonds. The molecule has 0 aromatic carbocycles. The van der Waals surface area contributed by atoms with Crippen LogP contribution in [0, 0.1) is 0 Å². The summed E-state index contributed by atoms with van der Waals surface area (Å²) in [7, 11) is 1.71. The van der Waals surface area contributed by atoms with Gasteiger partial charge in [0.05, 0.1) is 12.9 Å². The second-order valence-corrected chi connectivity index (χ2v) is 1.98. The molecule has 0 aliphatic heterocycles. The Kier molecular flexibility index (Phi) is 3.33. The van der Waals surface area contributed by atoms with Gasteiger partial charge in [0.1, 0.15) is 0 Å². The van der Waals surface area contributed by atoms with Crippen molar-refractivity contribution in [2.24, 2.45) is 0 Å². The zero-order valence-corrected chi connectivity index (χ0v) is 6.12. The average Bonchev–Trinajstić information content (AvgIpc) is 1.69. The van der Waals surface area contributed by atoms with E-state index in [-0.39, 0.29) is 0 Å². The summed E-state index contributed by atoms with van der Waals surface area (Å²) in [5.41, 5.74) is 1.27. The highest BCUT2D eigenvalue weighted by atomic mass is 16.5. The van der Waals surface area contributed by atoms with Gasteiger partial charge in [0.15, 0.2) is 0 Å². The minimum Gasteiger partial charge on any atom is -0.501 e. The van der Waals surface area contributed by atoms with E-state index in [9.17, 15) is 0 Å². The van der Waals surface area contributed by atoms with Crippen molar-refractivity contribution in [3.63, 3.8) is 0 Å². The van der Waals surface area contributed by atoms with Crippen LogP contribution >= 0.6 is 0 Å². The molecule has 0 saturated heterocycles. The van der Waals surface area contributed by atoms with Gasteiger partial charge in [-0.05, 0) is 19.4 Å². The molecule has 0 unspecified atom stereocenters. The van der Waals surface area contributed by atoms with Crippen LogP contribution in [0.15, 0.2) is 11.3 Å². The third kappa shape index (κ3) is 2.01. The first-order chi connectivity index (χ1) is 3.72. The Bertz CT molecular complexity index is 82.6. The van der Waals surface area contributed by atoms with E-state index in [1.807, 2.05) is 0 Å². The van der Waals surface area contributed by atoms with Gasteiger partial charge in [0.2, 0.25) is 0 Å². The maximum Gasteiger partial charge on any atom is 0.0939 e. The lowest BCUT2D eigenvalue weighted by molar-refractivity contribution is 0.276. The lowest BCUT2D eigenvalue weighted by Gasteiger charge is -2.03. The summed E-state index contributed by atoms with van der Waals surface area (Å²) in [6.45, 7) is 6.20. The van der Waals surface area contributed by atoms with Crippen molar-refractivity contribution < 1.29 is 4.74 Å². The molecule has 0 fully saturated rings. The van der Waals surface area contributed by atoms with Crippen molar-refractivity contribution in [3.8, 4) is 0 Å². The van der Waals surface area contributed by atoms with Crippen molar-refractivity contribution in [2.45, 2.75) is 27.2 Å². The number of rotatable bonds is 2. The summed E-state index contributed by atoms with van der Waals surface area (Å²) >= 11 is 0. The number of hydrogen-bond acceptors (Lipinski definition) is 1. The monoisotopic (exact) mass is 114 g/mol. The SMILES string of the molecule is CCC(OC)=C(C)C. The summed E-state index contributed by atoms with van der Waals surface area (Å²) < 4.78 is 5.04. The summed E-state index contributed by atoms with van der Waals surface area (Å²) in [6.07, 6.45) is 0.999. The smallest absolute Gasteiger partial charge is 0.0939 e. The van der Waals surface area contributed by atoms with Crippen LogP contribution in [0.25, 0.3) is 0 Å². The lowest BCUT2D eigenvalue weighted by atomic mass is 10.2. The third-order valence-electron chi connectivity index (χ3n) is 1.13. The molecule has 0 aromatic heterocycles. The Morgan fingerprint density at radius 2 is 1.88 bits per heavy atom. The molecule has 0 rings (SSSR count). The van der Waals surface area contributed by atoms with Gasteiger partial charge in [-0.3, -0.25) is 0 Å². The van der Waals surface area contributed by atoms with Crippen molar-refractivity contribution in [1.82, 2.24) is 0 Å². The predicted molar refractivity (Wildman–Crippen MR) is 35.7 cm³/mol. The molecule has 8 heavy (non-hydrogen) atoms. The molecule has 1 heteroatoms. The second kappa shape index (κ2) is 3.53. The van der Waals surface area contributed by atoms with Gasteiger partial charge in [0, 0.05) is 6.42 Å². The average molecular weight is 114 g/mol. The third-order valence-corrected chi connectivity index (χ3v) is 1.13. The normalized spacial score (nSPS) is 8.50. The molecule has 48 valence electrons.